The molecular weight excluding hydrogens is 371 g/mol. The number of benzene rings is 2. The number of rotatable bonds is 5. The van der Waals surface area contributed by atoms with Crippen LogP contribution in [0, 0.1) is 12.7 Å². The van der Waals surface area contributed by atoms with Crippen molar-refractivity contribution in [2.45, 2.75) is 24.3 Å². The highest BCUT2D eigenvalue weighted by atomic mass is 32.2. The van der Waals surface area contributed by atoms with Crippen molar-refractivity contribution in [3.05, 3.63) is 64.5 Å². The number of hydrogen-bond acceptors (Lipinski definition) is 5. The van der Waals surface area contributed by atoms with Crippen LogP contribution in [-0.2, 0) is 21.2 Å². The maximum atomic E-state index is 14.1. The molecule has 0 fully saturated rings. The third kappa shape index (κ3) is 4.02. The molecule has 8 heteroatoms. The second-order valence-electron chi connectivity index (χ2n) is 6.38. The van der Waals surface area contributed by atoms with Crippen LogP contribution < -0.4 is 10.0 Å². The molecular formula is C19H21FN2O4S. The van der Waals surface area contributed by atoms with Crippen molar-refractivity contribution in [2.24, 2.45) is 0 Å². The highest BCUT2D eigenvalue weighted by Crippen LogP contribution is 2.24. The zero-order valence-electron chi connectivity index (χ0n) is 15.1. The van der Waals surface area contributed by atoms with Crippen LogP contribution in [0.4, 0.5) is 4.39 Å². The molecule has 0 spiro atoms. The van der Waals surface area contributed by atoms with Crippen molar-refractivity contribution in [3.63, 3.8) is 0 Å². The van der Waals surface area contributed by atoms with Crippen LogP contribution in [0.2, 0.25) is 0 Å². The fourth-order valence-electron chi connectivity index (χ4n) is 3.21. The summed E-state index contributed by atoms with van der Waals surface area (Å²) in [4.78, 5) is 11.4. The normalized spacial score (nSPS) is 16.6. The Morgan fingerprint density at radius 1 is 1.33 bits per heavy atom. The van der Waals surface area contributed by atoms with Gasteiger partial charge < -0.3 is 10.1 Å². The summed E-state index contributed by atoms with van der Waals surface area (Å²) in [5.41, 5.74) is 2.02. The molecule has 1 aliphatic rings. The second kappa shape index (κ2) is 7.75. The van der Waals surface area contributed by atoms with Crippen LogP contribution in [0.5, 0.6) is 0 Å². The zero-order chi connectivity index (χ0) is 19.6. The van der Waals surface area contributed by atoms with Gasteiger partial charge in [-0.05, 0) is 43.1 Å². The van der Waals surface area contributed by atoms with E-state index in [0.29, 0.717) is 0 Å². The predicted molar refractivity (Wildman–Crippen MR) is 98.6 cm³/mol. The van der Waals surface area contributed by atoms with Crippen LogP contribution >= 0.6 is 0 Å². The van der Waals surface area contributed by atoms with Gasteiger partial charge in [-0.15, -0.1) is 0 Å². The molecule has 1 aliphatic heterocycles. The lowest BCUT2D eigenvalue weighted by atomic mass is 9.95. The van der Waals surface area contributed by atoms with Crippen molar-refractivity contribution in [3.8, 4) is 0 Å². The molecule has 0 saturated carbocycles. The Balaban J connectivity index is 1.86. The number of esters is 1. The molecule has 6 nitrogen and oxygen atoms in total. The number of methoxy groups -OCH3 is 1. The first-order valence-corrected chi connectivity index (χ1v) is 10.0. The van der Waals surface area contributed by atoms with E-state index in [-0.39, 0.29) is 28.6 Å². The van der Waals surface area contributed by atoms with E-state index in [0.717, 1.165) is 37.8 Å². The molecule has 0 saturated heterocycles. The third-order valence-corrected chi connectivity index (χ3v) is 6.25. The lowest BCUT2D eigenvalue weighted by Crippen LogP contribution is -2.39. The number of sulfonamides is 1. The minimum Gasteiger partial charge on any atom is -0.465 e. The number of hydrogen-bond donors (Lipinski definition) is 2. The molecule has 0 aromatic heterocycles. The van der Waals surface area contributed by atoms with Gasteiger partial charge in [0.2, 0.25) is 10.0 Å². The number of ether oxygens (including phenoxy) is 1. The van der Waals surface area contributed by atoms with E-state index in [1.54, 1.807) is 0 Å². The summed E-state index contributed by atoms with van der Waals surface area (Å²) >= 11 is 0. The Labute approximate surface area is 157 Å². The maximum absolute atomic E-state index is 14.1. The quantitative estimate of drug-likeness (QED) is 0.761. The zero-order valence-corrected chi connectivity index (χ0v) is 15.9. The Hall–Kier alpha value is -2.29. The second-order valence-corrected chi connectivity index (χ2v) is 8.12. The third-order valence-electron chi connectivity index (χ3n) is 4.70. The van der Waals surface area contributed by atoms with Crippen LogP contribution in [-0.4, -0.2) is 34.6 Å². The number of halogens is 1. The lowest BCUT2D eigenvalue weighted by molar-refractivity contribution is 0.0600. The molecule has 3 rings (SSSR count). The molecule has 27 heavy (non-hydrogen) atoms. The Kier molecular flexibility index (Phi) is 5.59. The van der Waals surface area contributed by atoms with Crippen molar-refractivity contribution in [1.29, 1.82) is 0 Å². The largest absolute Gasteiger partial charge is 0.465 e. The number of fused-ring (bicyclic) bond motifs is 1. The molecule has 1 unspecified atom stereocenters. The van der Waals surface area contributed by atoms with Gasteiger partial charge in [0, 0.05) is 18.2 Å². The minimum absolute atomic E-state index is 0.0489. The smallest absolute Gasteiger partial charge is 0.337 e. The van der Waals surface area contributed by atoms with Gasteiger partial charge in [0.15, 0.2) is 0 Å². The van der Waals surface area contributed by atoms with Gasteiger partial charge in [-0.1, -0.05) is 24.3 Å². The van der Waals surface area contributed by atoms with Crippen molar-refractivity contribution in [2.75, 3.05) is 20.2 Å². The topological polar surface area (TPSA) is 84.5 Å². The van der Waals surface area contributed by atoms with E-state index >= 15 is 0 Å². The van der Waals surface area contributed by atoms with E-state index in [9.17, 15) is 17.6 Å². The summed E-state index contributed by atoms with van der Waals surface area (Å²) in [6.45, 7) is 2.22. The molecule has 0 bridgehead atoms. The van der Waals surface area contributed by atoms with Gasteiger partial charge in [0.05, 0.1) is 17.6 Å². The standard InChI is InChI=1S/C19H21FN2O4S/c1-12-16(20)9-14(19(23)26-2)10-18(12)27(24,25)22-11-17-15-6-4-3-5-13(15)7-8-21-17/h3-6,9-10,17,21-22H,7-8,11H2,1-2H3. The summed E-state index contributed by atoms with van der Waals surface area (Å²) in [6, 6.07) is 9.77. The van der Waals surface area contributed by atoms with E-state index in [1.807, 2.05) is 24.3 Å². The Bertz CT molecular complexity index is 976. The van der Waals surface area contributed by atoms with Gasteiger partial charge in [-0.3, -0.25) is 0 Å². The van der Waals surface area contributed by atoms with Gasteiger partial charge in [-0.25, -0.2) is 22.3 Å². The number of nitrogens with one attached hydrogen (secondary N) is 2. The molecule has 1 atom stereocenters. The first-order chi connectivity index (χ1) is 12.8. The summed E-state index contributed by atoms with van der Waals surface area (Å²) in [5, 5.41) is 3.29. The SMILES string of the molecule is COC(=O)c1cc(F)c(C)c(S(=O)(=O)NCC2NCCc3ccccc32)c1. The van der Waals surface area contributed by atoms with Crippen LogP contribution in [0.3, 0.4) is 0 Å². The molecule has 0 aliphatic carbocycles. The first-order valence-electron chi connectivity index (χ1n) is 8.53. The summed E-state index contributed by atoms with van der Waals surface area (Å²) in [5.74, 6) is -1.58. The van der Waals surface area contributed by atoms with Gasteiger partial charge in [0.25, 0.3) is 0 Å². The lowest BCUT2D eigenvalue weighted by Gasteiger charge is -2.27. The molecule has 2 aromatic rings. The number of carbonyl (C=O) groups is 1. The Morgan fingerprint density at radius 2 is 2.07 bits per heavy atom. The maximum Gasteiger partial charge on any atom is 0.337 e. The van der Waals surface area contributed by atoms with Crippen molar-refractivity contribution in [1.82, 2.24) is 10.0 Å². The first kappa shape index (κ1) is 19.5. The Morgan fingerprint density at radius 3 is 2.81 bits per heavy atom. The number of carbonyl (C=O) groups excluding carboxylic acids is 1. The van der Waals surface area contributed by atoms with E-state index in [4.69, 9.17) is 0 Å². The van der Waals surface area contributed by atoms with Crippen LogP contribution in [0.25, 0.3) is 0 Å². The van der Waals surface area contributed by atoms with Gasteiger partial charge >= 0.3 is 5.97 Å². The average molecular weight is 392 g/mol. The van der Waals surface area contributed by atoms with Gasteiger partial charge in [0.1, 0.15) is 5.82 Å². The summed E-state index contributed by atoms with van der Waals surface area (Å²) in [6.07, 6.45) is 0.880. The molecule has 2 N–H and O–H groups in total. The summed E-state index contributed by atoms with van der Waals surface area (Å²) in [7, 11) is -2.87. The molecule has 1 heterocycles. The highest BCUT2D eigenvalue weighted by Gasteiger charge is 2.25. The average Bonchev–Trinajstić information content (AvgIpc) is 2.67. The van der Waals surface area contributed by atoms with Gasteiger partial charge in [-0.2, -0.15) is 0 Å². The minimum atomic E-state index is -4.02. The fourth-order valence-corrected chi connectivity index (χ4v) is 4.54. The molecule has 144 valence electrons. The van der Waals surface area contributed by atoms with Crippen LogP contribution in [0.1, 0.15) is 33.1 Å². The fraction of sp³-hybridized carbons (Fsp3) is 0.316. The molecule has 0 radical (unpaired) electrons. The molecule has 0 amide bonds. The van der Waals surface area contributed by atoms with E-state index in [2.05, 4.69) is 14.8 Å². The predicted octanol–water partition coefficient (Wildman–Crippen LogP) is 2.09. The monoisotopic (exact) mass is 392 g/mol. The van der Waals surface area contributed by atoms with E-state index < -0.39 is 21.8 Å². The van der Waals surface area contributed by atoms with Crippen molar-refractivity contribution < 1.29 is 22.3 Å². The molecule has 2 aromatic carbocycles. The summed E-state index contributed by atoms with van der Waals surface area (Å²) < 4.78 is 46.8. The van der Waals surface area contributed by atoms with E-state index in [1.165, 1.54) is 12.5 Å². The van der Waals surface area contributed by atoms with Crippen LogP contribution in [0.15, 0.2) is 41.3 Å². The van der Waals surface area contributed by atoms with Crippen molar-refractivity contribution >= 4 is 16.0 Å². The highest BCUT2D eigenvalue weighted by molar-refractivity contribution is 7.89.